The quantitative estimate of drug-likeness (QED) is 0.157. The number of ether oxygens (including phenoxy) is 1. The van der Waals surface area contributed by atoms with Gasteiger partial charge in [0.05, 0.1) is 29.2 Å². The average Bonchev–Trinajstić information content (AvgIpc) is 4.06. The molecule has 56 heavy (non-hydrogen) atoms. The highest BCUT2D eigenvalue weighted by molar-refractivity contribution is 6.06. The molecule has 2 saturated heterocycles. The molecule has 2 aromatic heterocycles. The third-order valence-electron chi connectivity index (χ3n) is 11.0. The molecule has 2 aromatic carbocycles. The van der Waals surface area contributed by atoms with Crippen LogP contribution in [0.15, 0.2) is 72.3 Å². The number of carbonyl (C=O) groups is 2. The molecule has 1 atom stereocenters. The van der Waals surface area contributed by atoms with Crippen LogP contribution >= 0.6 is 0 Å². The van der Waals surface area contributed by atoms with E-state index in [-0.39, 0.29) is 35.7 Å². The van der Waals surface area contributed by atoms with Crippen LogP contribution in [0.3, 0.4) is 0 Å². The number of halogens is 1. The van der Waals surface area contributed by atoms with Crippen molar-refractivity contribution in [2.24, 2.45) is 7.05 Å². The van der Waals surface area contributed by atoms with E-state index >= 15 is 4.39 Å². The summed E-state index contributed by atoms with van der Waals surface area (Å²) in [5, 5.41) is 16.8. The lowest BCUT2D eigenvalue weighted by Gasteiger charge is -2.45. The Balaban J connectivity index is 1.17. The molecule has 3 N–H and O–H groups in total. The van der Waals surface area contributed by atoms with Crippen LogP contribution in [0.5, 0.6) is 0 Å². The van der Waals surface area contributed by atoms with Gasteiger partial charge >= 0.3 is 0 Å². The number of hydrogen-bond acceptors (Lipinski definition) is 10. The number of nitrogens with one attached hydrogen (secondary N) is 2. The number of nitrogens with zero attached hydrogens (tertiary/aromatic N) is 6. The number of anilines is 5. The van der Waals surface area contributed by atoms with Gasteiger partial charge in [-0.05, 0) is 93.5 Å². The molecule has 7 rings (SSSR count). The molecule has 3 aliphatic rings. The first-order valence-electron chi connectivity index (χ1n) is 19.3. The zero-order valence-electron chi connectivity index (χ0n) is 32.1. The van der Waals surface area contributed by atoms with Gasteiger partial charge in [-0.3, -0.25) is 24.2 Å². The summed E-state index contributed by atoms with van der Waals surface area (Å²) in [6.07, 6.45) is 8.32. The normalized spacial score (nSPS) is 17.7. The van der Waals surface area contributed by atoms with Gasteiger partial charge in [-0.1, -0.05) is 12.6 Å². The Labute approximate surface area is 325 Å². The number of piperazine rings is 1. The Morgan fingerprint density at radius 2 is 1.89 bits per heavy atom. The summed E-state index contributed by atoms with van der Waals surface area (Å²) in [5.41, 5.74) is 3.37. The van der Waals surface area contributed by atoms with Gasteiger partial charge in [-0.15, -0.1) is 0 Å². The first-order chi connectivity index (χ1) is 27.1. The monoisotopic (exact) mass is 764 g/mol. The third kappa shape index (κ3) is 8.08. The lowest BCUT2D eigenvalue weighted by Crippen LogP contribution is -2.56. The molecule has 3 fully saturated rings. The molecule has 1 aliphatic carbocycles. The van der Waals surface area contributed by atoms with E-state index in [1.165, 1.54) is 33.9 Å². The SMILES string of the molecule is C=CC(=O)Nc1cc(Nc2nc(-c3ccnc(N(CC)C(=O)c4ccc(C5CC5)cc4F)c3CO)cn(C)c2=O)ccc1N1CCN(C2CCOCC2)C[C@@H]1C. The van der Waals surface area contributed by atoms with Gasteiger partial charge in [0, 0.05) is 87.7 Å². The molecule has 13 nitrogen and oxygen atoms in total. The van der Waals surface area contributed by atoms with Crippen LogP contribution < -0.4 is 26.0 Å². The van der Waals surface area contributed by atoms with Gasteiger partial charge in [0.2, 0.25) is 5.91 Å². The number of benzene rings is 2. The van der Waals surface area contributed by atoms with Gasteiger partial charge in [0.15, 0.2) is 5.82 Å². The second kappa shape index (κ2) is 16.7. The predicted octanol–water partition coefficient (Wildman–Crippen LogP) is 5.58. The van der Waals surface area contributed by atoms with Crippen molar-refractivity contribution >= 4 is 40.5 Å². The van der Waals surface area contributed by atoms with Gasteiger partial charge < -0.3 is 29.9 Å². The van der Waals surface area contributed by atoms with E-state index in [1.807, 2.05) is 12.1 Å². The molecular formula is C42H49FN8O5. The van der Waals surface area contributed by atoms with Crippen LogP contribution in [0, 0.1) is 5.82 Å². The maximum Gasteiger partial charge on any atom is 0.293 e. The van der Waals surface area contributed by atoms with E-state index in [9.17, 15) is 19.5 Å². The Bertz CT molecular complexity index is 2180. The topological polar surface area (TPSA) is 145 Å². The molecule has 0 radical (unpaired) electrons. The number of aliphatic hydroxyl groups is 1. The van der Waals surface area contributed by atoms with Crippen molar-refractivity contribution in [1.29, 1.82) is 0 Å². The smallest absolute Gasteiger partial charge is 0.293 e. The van der Waals surface area contributed by atoms with Crippen molar-refractivity contribution in [2.45, 2.75) is 64.1 Å². The van der Waals surface area contributed by atoms with Crippen LogP contribution in [0.1, 0.15) is 66.9 Å². The van der Waals surface area contributed by atoms with Gasteiger partial charge in [-0.2, -0.15) is 0 Å². The van der Waals surface area contributed by atoms with Crippen LogP contribution in [0.25, 0.3) is 11.3 Å². The highest BCUT2D eigenvalue weighted by Gasteiger charge is 2.31. The van der Waals surface area contributed by atoms with Crippen molar-refractivity contribution in [3.63, 3.8) is 0 Å². The Morgan fingerprint density at radius 3 is 2.57 bits per heavy atom. The van der Waals surface area contributed by atoms with Gasteiger partial charge in [-0.25, -0.2) is 14.4 Å². The highest BCUT2D eigenvalue weighted by Crippen LogP contribution is 2.41. The summed E-state index contributed by atoms with van der Waals surface area (Å²) >= 11 is 0. The van der Waals surface area contributed by atoms with E-state index < -0.39 is 23.9 Å². The van der Waals surface area contributed by atoms with Gasteiger partial charge in [0.25, 0.3) is 11.5 Å². The average molecular weight is 765 g/mol. The summed E-state index contributed by atoms with van der Waals surface area (Å²) in [7, 11) is 1.59. The second-order valence-corrected chi connectivity index (χ2v) is 14.7. The lowest BCUT2D eigenvalue weighted by atomic mass is 10.0. The number of aromatic nitrogens is 3. The van der Waals surface area contributed by atoms with Gasteiger partial charge in [0.1, 0.15) is 11.6 Å². The summed E-state index contributed by atoms with van der Waals surface area (Å²) in [5.74, 6) is -1.05. The number of pyridine rings is 1. The van der Waals surface area contributed by atoms with E-state index in [4.69, 9.17) is 9.72 Å². The number of aliphatic hydroxyl groups excluding tert-OH is 1. The molecular weight excluding hydrogens is 716 g/mol. The molecule has 1 saturated carbocycles. The maximum absolute atomic E-state index is 15.3. The lowest BCUT2D eigenvalue weighted by molar-refractivity contribution is -0.111. The standard InChI is InChI=1S/C42H49FN8O5/c1-5-38(53)46-35-22-29(10-12-37(35)51-18-17-49(23-26(51)3)30-14-19-56-20-15-30)45-39-42(55)48(4)24-36(47-39)31-13-16-44-40(33(31)25-52)50(6-2)41(54)32-11-9-28(21-34(32)43)27-7-8-27/h5,9-13,16,21-22,24,26-27,30,52H,1,6-8,14-15,17-20,23,25H2,2-4H3,(H,45,47)(H,46,53)/t26-/m0/s1. The number of aryl methyl sites for hydroxylation is 1. The molecule has 294 valence electrons. The largest absolute Gasteiger partial charge is 0.392 e. The minimum atomic E-state index is -0.599. The zero-order chi connectivity index (χ0) is 39.5. The Morgan fingerprint density at radius 1 is 1.11 bits per heavy atom. The molecule has 2 amide bonds. The van der Waals surface area contributed by atoms with Crippen molar-refractivity contribution in [3.05, 3.63) is 100 Å². The number of rotatable bonds is 12. The number of hydrogen-bond donors (Lipinski definition) is 3. The van der Waals surface area contributed by atoms with Crippen molar-refractivity contribution in [3.8, 4) is 11.3 Å². The molecule has 0 unspecified atom stereocenters. The van der Waals surface area contributed by atoms with E-state index in [1.54, 1.807) is 38.4 Å². The molecule has 4 aromatic rings. The molecule has 14 heteroatoms. The first-order valence-corrected chi connectivity index (χ1v) is 19.3. The zero-order valence-corrected chi connectivity index (χ0v) is 32.1. The number of amides is 2. The third-order valence-corrected chi connectivity index (χ3v) is 11.0. The fourth-order valence-corrected chi connectivity index (χ4v) is 7.85. The van der Waals surface area contributed by atoms with E-state index in [0.29, 0.717) is 40.2 Å². The summed E-state index contributed by atoms with van der Waals surface area (Å²) in [4.78, 5) is 55.2. The summed E-state index contributed by atoms with van der Waals surface area (Å²) < 4.78 is 22.2. The first kappa shape index (κ1) is 38.8. The van der Waals surface area contributed by atoms with Crippen molar-refractivity contribution < 1.29 is 23.8 Å². The molecule has 0 bridgehead atoms. The highest BCUT2D eigenvalue weighted by atomic mass is 19.1. The summed E-state index contributed by atoms with van der Waals surface area (Å²) in [6.45, 7) is 11.3. The Kier molecular flexibility index (Phi) is 11.6. The minimum Gasteiger partial charge on any atom is -0.392 e. The fourth-order valence-electron chi connectivity index (χ4n) is 7.85. The maximum atomic E-state index is 15.3. The molecule has 4 heterocycles. The van der Waals surface area contributed by atoms with Crippen LogP contribution in [-0.4, -0.2) is 87.8 Å². The van der Waals surface area contributed by atoms with Crippen molar-refractivity contribution in [1.82, 2.24) is 19.4 Å². The van der Waals surface area contributed by atoms with Crippen LogP contribution in [-0.2, 0) is 23.2 Å². The predicted molar refractivity (Wildman–Crippen MR) is 215 cm³/mol. The number of carbonyl (C=O) groups excluding carboxylic acids is 2. The minimum absolute atomic E-state index is 0.000640. The van der Waals surface area contributed by atoms with Crippen molar-refractivity contribution in [2.75, 3.05) is 59.8 Å². The van der Waals surface area contributed by atoms with Crippen LogP contribution in [0.4, 0.5) is 33.1 Å². The Hall–Kier alpha value is -5.44. The van der Waals surface area contributed by atoms with E-state index in [0.717, 1.165) is 69.8 Å². The molecule has 0 spiro atoms. The second-order valence-electron chi connectivity index (χ2n) is 14.7. The van der Waals surface area contributed by atoms with E-state index in [2.05, 4.69) is 38.9 Å². The fraction of sp³-hybridized carbons (Fsp3) is 0.405. The molecule has 2 aliphatic heterocycles. The summed E-state index contributed by atoms with van der Waals surface area (Å²) in [6, 6.07) is 12.6. The van der Waals surface area contributed by atoms with Crippen LogP contribution in [0.2, 0.25) is 0 Å².